The lowest BCUT2D eigenvalue weighted by Gasteiger charge is -2.32. The Bertz CT molecular complexity index is 703. The van der Waals surface area contributed by atoms with E-state index in [1.807, 2.05) is 34.6 Å². The van der Waals surface area contributed by atoms with E-state index in [0.29, 0.717) is 0 Å². The molecule has 1 aliphatic heterocycles. The summed E-state index contributed by atoms with van der Waals surface area (Å²) < 4.78 is 40.5. The summed E-state index contributed by atoms with van der Waals surface area (Å²) in [4.78, 5) is 12.7. The molecule has 7 heteroatoms. The van der Waals surface area contributed by atoms with Gasteiger partial charge in [0.15, 0.2) is 0 Å². The SMILES string of the molecule is CC(C)CC1=NN(C(=O)c2ccc(C(C)(C)C)cc2)C(O)(C(F)(F)F)C1. The summed E-state index contributed by atoms with van der Waals surface area (Å²) in [7, 11) is 0. The number of hydrogen-bond acceptors (Lipinski definition) is 3. The van der Waals surface area contributed by atoms with Gasteiger partial charge in [0.2, 0.25) is 0 Å². The first-order valence-corrected chi connectivity index (χ1v) is 8.56. The lowest BCUT2D eigenvalue weighted by Crippen LogP contribution is -2.56. The van der Waals surface area contributed by atoms with Crippen molar-refractivity contribution in [3.63, 3.8) is 0 Å². The first-order chi connectivity index (χ1) is 11.8. The summed E-state index contributed by atoms with van der Waals surface area (Å²) in [6.07, 6.45) is -5.44. The number of amides is 1. The second-order valence-electron chi connectivity index (χ2n) is 8.20. The minimum absolute atomic E-state index is 0.0511. The lowest BCUT2D eigenvalue weighted by molar-refractivity contribution is -0.297. The fraction of sp³-hybridized carbons (Fsp3) is 0.579. The molecule has 26 heavy (non-hydrogen) atoms. The summed E-state index contributed by atoms with van der Waals surface area (Å²) in [6.45, 7) is 9.66. The molecule has 1 aromatic carbocycles. The molecule has 0 aliphatic carbocycles. The van der Waals surface area contributed by atoms with Crippen molar-refractivity contribution in [3.05, 3.63) is 35.4 Å². The third-order valence-corrected chi connectivity index (χ3v) is 4.33. The molecule has 0 bridgehead atoms. The zero-order valence-corrected chi connectivity index (χ0v) is 15.7. The molecule has 1 aliphatic rings. The largest absolute Gasteiger partial charge is 0.438 e. The predicted molar refractivity (Wildman–Crippen MR) is 93.8 cm³/mol. The van der Waals surface area contributed by atoms with Gasteiger partial charge in [-0.05, 0) is 35.4 Å². The molecular weight excluding hydrogens is 345 g/mol. The topological polar surface area (TPSA) is 52.9 Å². The number of alkyl halides is 3. The second-order valence-corrected chi connectivity index (χ2v) is 8.20. The third-order valence-electron chi connectivity index (χ3n) is 4.33. The Hall–Kier alpha value is -1.89. The average Bonchev–Trinajstić information content (AvgIpc) is 2.82. The molecular formula is C19H25F3N2O2. The minimum atomic E-state index is -5.00. The van der Waals surface area contributed by atoms with E-state index in [-0.39, 0.29) is 34.0 Å². The normalized spacial score (nSPS) is 21.3. The molecule has 1 amide bonds. The van der Waals surface area contributed by atoms with Crippen LogP contribution in [0, 0.1) is 5.92 Å². The Morgan fingerprint density at radius 1 is 1.23 bits per heavy atom. The van der Waals surface area contributed by atoms with Gasteiger partial charge in [-0.1, -0.05) is 46.8 Å². The predicted octanol–water partition coefficient (Wildman–Crippen LogP) is 4.48. The van der Waals surface area contributed by atoms with Crippen molar-refractivity contribution in [2.24, 2.45) is 11.0 Å². The smallest absolute Gasteiger partial charge is 0.362 e. The molecule has 0 saturated carbocycles. The Kier molecular flexibility index (Phi) is 5.25. The summed E-state index contributed by atoms with van der Waals surface area (Å²) in [5, 5.41) is 14.3. The highest BCUT2D eigenvalue weighted by Crippen LogP contribution is 2.41. The molecule has 144 valence electrons. The van der Waals surface area contributed by atoms with E-state index in [9.17, 15) is 23.1 Å². The van der Waals surface area contributed by atoms with Crippen molar-refractivity contribution in [1.29, 1.82) is 0 Å². The maximum absolute atomic E-state index is 13.5. The van der Waals surface area contributed by atoms with Gasteiger partial charge in [-0.15, -0.1) is 0 Å². The third kappa shape index (κ3) is 3.92. The number of nitrogens with zero attached hydrogens (tertiary/aromatic N) is 2. The van der Waals surface area contributed by atoms with Crippen LogP contribution in [-0.2, 0) is 5.41 Å². The number of carbonyl (C=O) groups is 1. The number of carbonyl (C=O) groups excluding carboxylic acids is 1. The molecule has 0 aromatic heterocycles. The molecule has 2 rings (SSSR count). The highest BCUT2D eigenvalue weighted by atomic mass is 19.4. The second kappa shape index (κ2) is 6.68. The molecule has 4 nitrogen and oxygen atoms in total. The van der Waals surface area contributed by atoms with Gasteiger partial charge in [0.25, 0.3) is 11.6 Å². The quantitative estimate of drug-likeness (QED) is 0.853. The number of aliphatic hydroxyl groups is 1. The van der Waals surface area contributed by atoms with Crippen molar-refractivity contribution in [3.8, 4) is 0 Å². The molecule has 0 spiro atoms. The van der Waals surface area contributed by atoms with Gasteiger partial charge in [0, 0.05) is 17.7 Å². The van der Waals surface area contributed by atoms with Crippen LogP contribution >= 0.6 is 0 Å². The summed E-state index contributed by atoms with van der Waals surface area (Å²) in [5.74, 6) is -0.906. The minimum Gasteiger partial charge on any atom is -0.362 e. The Morgan fingerprint density at radius 2 is 1.77 bits per heavy atom. The van der Waals surface area contributed by atoms with Crippen molar-refractivity contribution in [2.45, 2.75) is 64.8 Å². The Balaban J connectivity index is 2.38. The maximum atomic E-state index is 13.5. The molecule has 0 saturated heterocycles. The molecule has 1 atom stereocenters. The van der Waals surface area contributed by atoms with Crippen LogP contribution in [-0.4, -0.2) is 33.6 Å². The van der Waals surface area contributed by atoms with Crippen LogP contribution in [0.25, 0.3) is 0 Å². The fourth-order valence-corrected chi connectivity index (χ4v) is 2.87. The first kappa shape index (κ1) is 20.4. The van der Waals surface area contributed by atoms with Crippen LogP contribution in [0.4, 0.5) is 13.2 Å². The van der Waals surface area contributed by atoms with Gasteiger partial charge < -0.3 is 5.11 Å². The van der Waals surface area contributed by atoms with Gasteiger partial charge in [0.1, 0.15) is 0 Å². The van der Waals surface area contributed by atoms with E-state index < -0.39 is 24.2 Å². The highest BCUT2D eigenvalue weighted by Gasteiger charge is 2.63. The molecule has 1 aromatic rings. The van der Waals surface area contributed by atoms with Crippen LogP contribution in [0.15, 0.2) is 29.4 Å². The lowest BCUT2D eigenvalue weighted by atomic mass is 9.86. The van der Waals surface area contributed by atoms with Crippen LogP contribution in [0.2, 0.25) is 0 Å². The van der Waals surface area contributed by atoms with Crippen molar-refractivity contribution >= 4 is 11.6 Å². The Labute approximate surface area is 151 Å². The summed E-state index contributed by atoms with van der Waals surface area (Å²) >= 11 is 0. The van der Waals surface area contributed by atoms with E-state index in [4.69, 9.17) is 0 Å². The zero-order chi connectivity index (χ0) is 19.9. The van der Waals surface area contributed by atoms with E-state index in [1.165, 1.54) is 12.1 Å². The Morgan fingerprint density at radius 3 is 2.19 bits per heavy atom. The summed E-state index contributed by atoms with van der Waals surface area (Å²) in [5.41, 5.74) is -2.29. The van der Waals surface area contributed by atoms with Crippen molar-refractivity contribution in [2.75, 3.05) is 0 Å². The average molecular weight is 370 g/mol. The number of rotatable bonds is 3. The van der Waals surface area contributed by atoms with Crippen LogP contribution in [0.1, 0.15) is 63.4 Å². The van der Waals surface area contributed by atoms with Crippen molar-refractivity contribution < 1.29 is 23.1 Å². The number of halogens is 3. The van der Waals surface area contributed by atoms with E-state index in [1.54, 1.807) is 12.1 Å². The van der Waals surface area contributed by atoms with Crippen molar-refractivity contribution in [1.82, 2.24) is 5.01 Å². The fourth-order valence-electron chi connectivity index (χ4n) is 2.87. The highest BCUT2D eigenvalue weighted by molar-refractivity contribution is 5.98. The maximum Gasteiger partial charge on any atom is 0.438 e. The van der Waals surface area contributed by atoms with E-state index in [0.717, 1.165) is 5.56 Å². The number of hydrazone groups is 1. The van der Waals surface area contributed by atoms with Gasteiger partial charge in [0.05, 0.1) is 0 Å². The number of benzene rings is 1. The first-order valence-electron chi connectivity index (χ1n) is 8.56. The standard InChI is InChI=1S/C19H25F3N2O2/c1-12(2)10-15-11-18(26,19(20,21)22)24(23-15)16(25)13-6-8-14(9-7-13)17(3,4)5/h6-9,12,26H,10-11H2,1-5H3. The molecule has 1 N–H and O–H groups in total. The van der Waals surface area contributed by atoms with Gasteiger partial charge in [-0.3, -0.25) is 4.79 Å². The van der Waals surface area contributed by atoms with Gasteiger partial charge in [-0.2, -0.15) is 23.3 Å². The molecule has 0 fully saturated rings. The van der Waals surface area contributed by atoms with Gasteiger partial charge in [-0.25, -0.2) is 0 Å². The molecule has 0 radical (unpaired) electrons. The van der Waals surface area contributed by atoms with Crippen LogP contribution in [0.5, 0.6) is 0 Å². The molecule has 1 unspecified atom stereocenters. The zero-order valence-electron chi connectivity index (χ0n) is 15.7. The van der Waals surface area contributed by atoms with E-state index in [2.05, 4.69) is 5.10 Å². The summed E-state index contributed by atoms with van der Waals surface area (Å²) in [6, 6.07) is 6.34. The monoisotopic (exact) mass is 370 g/mol. The van der Waals surface area contributed by atoms with Gasteiger partial charge >= 0.3 is 6.18 Å². The van der Waals surface area contributed by atoms with E-state index >= 15 is 0 Å². The number of hydrogen-bond donors (Lipinski definition) is 1. The van der Waals surface area contributed by atoms with Crippen LogP contribution < -0.4 is 0 Å². The molecule has 1 heterocycles. The van der Waals surface area contributed by atoms with Crippen LogP contribution in [0.3, 0.4) is 0 Å².